The smallest absolute Gasteiger partial charge is 0.123 e. The fraction of sp³-hybridized carbons (Fsp3) is 0.417. The predicted molar refractivity (Wildman–Crippen MR) is 75.2 cm³/mol. The van der Waals surface area contributed by atoms with Gasteiger partial charge < -0.3 is 4.98 Å². The average molecular weight is 314 g/mol. The Bertz CT molecular complexity index is 452. The van der Waals surface area contributed by atoms with Gasteiger partial charge in [0.15, 0.2) is 0 Å². The zero-order chi connectivity index (χ0) is 12.3. The van der Waals surface area contributed by atoms with Crippen molar-refractivity contribution >= 4 is 27.3 Å². The molecule has 0 aromatic carbocycles. The second kappa shape index (κ2) is 5.80. The summed E-state index contributed by atoms with van der Waals surface area (Å²) in [6.45, 7) is 4.35. The Labute approximate surface area is 114 Å². The van der Waals surface area contributed by atoms with E-state index in [1.165, 1.54) is 8.66 Å². The van der Waals surface area contributed by atoms with E-state index >= 15 is 0 Å². The van der Waals surface area contributed by atoms with Crippen LogP contribution < -0.4 is 5.32 Å². The molecule has 0 aliphatic heterocycles. The van der Waals surface area contributed by atoms with E-state index in [1.807, 2.05) is 6.20 Å². The molecule has 0 aliphatic carbocycles. The Hall–Kier alpha value is -0.650. The van der Waals surface area contributed by atoms with Gasteiger partial charge in [-0.05, 0) is 41.4 Å². The molecule has 0 radical (unpaired) electrons. The van der Waals surface area contributed by atoms with Gasteiger partial charge in [0.05, 0.1) is 9.83 Å². The van der Waals surface area contributed by atoms with Crippen LogP contribution in [0.25, 0.3) is 0 Å². The van der Waals surface area contributed by atoms with Gasteiger partial charge in [0.1, 0.15) is 5.82 Å². The van der Waals surface area contributed by atoms with Gasteiger partial charge in [-0.1, -0.05) is 6.92 Å². The summed E-state index contributed by atoms with van der Waals surface area (Å²) < 4.78 is 1.17. The normalized spacial score (nSPS) is 14.8. The SMILES string of the molecule is CCC(NC(C)c1ccc(Br)s1)c1ncc[nH]1. The Balaban J connectivity index is 2.04. The summed E-state index contributed by atoms with van der Waals surface area (Å²) in [6, 6.07) is 4.86. The number of imidazole rings is 1. The highest BCUT2D eigenvalue weighted by atomic mass is 79.9. The maximum Gasteiger partial charge on any atom is 0.123 e. The molecule has 0 saturated heterocycles. The standard InChI is InChI=1S/C12H16BrN3S/c1-3-9(12-14-6-7-15-12)16-8(2)10-4-5-11(13)17-10/h4-9,16H,3H2,1-2H3,(H,14,15). The van der Waals surface area contributed by atoms with Gasteiger partial charge >= 0.3 is 0 Å². The van der Waals surface area contributed by atoms with Crippen LogP contribution in [-0.2, 0) is 0 Å². The Morgan fingerprint density at radius 3 is 2.88 bits per heavy atom. The van der Waals surface area contributed by atoms with Crippen LogP contribution in [0, 0.1) is 0 Å². The number of H-pyrrole nitrogens is 1. The summed E-state index contributed by atoms with van der Waals surface area (Å²) >= 11 is 5.26. The Morgan fingerprint density at radius 2 is 2.35 bits per heavy atom. The van der Waals surface area contributed by atoms with Gasteiger partial charge in [-0.3, -0.25) is 5.32 Å². The second-order valence-electron chi connectivity index (χ2n) is 3.97. The number of aromatic nitrogens is 2. The quantitative estimate of drug-likeness (QED) is 0.874. The first-order valence-corrected chi connectivity index (χ1v) is 7.32. The minimum atomic E-state index is 0.279. The lowest BCUT2D eigenvalue weighted by Crippen LogP contribution is -2.24. The fourth-order valence-electron chi connectivity index (χ4n) is 1.80. The average Bonchev–Trinajstić information content (AvgIpc) is 2.96. The monoisotopic (exact) mass is 313 g/mol. The van der Waals surface area contributed by atoms with E-state index in [9.17, 15) is 0 Å². The maximum absolute atomic E-state index is 4.32. The molecule has 0 spiro atoms. The third-order valence-electron chi connectivity index (χ3n) is 2.73. The van der Waals surface area contributed by atoms with Crippen LogP contribution in [0.4, 0.5) is 0 Å². The van der Waals surface area contributed by atoms with Crippen LogP contribution in [0.15, 0.2) is 28.3 Å². The van der Waals surface area contributed by atoms with Crippen LogP contribution in [0.1, 0.15) is 43.1 Å². The first kappa shape index (κ1) is 12.8. The van der Waals surface area contributed by atoms with Crippen LogP contribution in [0.5, 0.6) is 0 Å². The van der Waals surface area contributed by atoms with Crippen molar-refractivity contribution in [2.24, 2.45) is 0 Å². The lowest BCUT2D eigenvalue weighted by Gasteiger charge is -2.19. The minimum absolute atomic E-state index is 0.279. The number of hydrogen-bond acceptors (Lipinski definition) is 3. The molecule has 2 unspecified atom stereocenters. The van der Waals surface area contributed by atoms with Gasteiger partial charge in [0.2, 0.25) is 0 Å². The molecule has 0 bridgehead atoms. The molecule has 2 heterocycles. The van der Waals surface area contributed by atoms with Crippen LogP contribution in [0.3, 0.4) is 0 Å². The zero-order valence-corrected chi connectivity index (χ0v) is 12.3. The summed E-state index contributed by atoms with van der Waals surface area (Å²) in [6.07, 6.45) is 4.68. The molecule has 0 fully saturated rings. The van der Waals surface area contributed by atoms with E-state index in [4.69, 9.17) is 0 Å². The molecule has 5 heteroatoms. The van der Waals surface area contributed by atoms with Crippen LogP contribution in [-0.4, -0.2) is 9.97 Å². The lowest BCUT2D eigenvalue weighted by atomic mass is 10.1. The van der Waals surface area contributed by atoms with Crippen molar-refractivity contribution in [3.05, 3.63) is 39.0 Å². The molecule has 2 aromatic rings. The Morgan fingerprint density at radius 1 is 1.53 bits per heavy atom. The van der Waals surface area contributed by atoms with Crippen molar-refractivity contribution in [3.63, 3.8) is 0 Å². The van der Waals surface area contributed by atoms with Gasteiger partial charge in [-0.2, -0.15) is 0 Å². The van der Waals surface area contributed by atoms with Crippen molar-refractivity contribution in [2.45, 2.75) is 32.4 Å². The topological polar surface area (TPSA) is 40.7 Å². The number of hydrogen-bond donors (Lipinski definition) is 2. The third-order valence-corrected chi connectivity index (χ3v) is 4.54. The fourth-order valence-corrected chi connectivity index (χ4v) is 3.24. The number of nitrogens with one attached hydrogen (secondary N) is 2. The number of aromatic amines is 1. The molecule has 3 nitrogen and oxygen atoms in total. The molecule has 92 valence electrons. The summed E-state index contributed by atoms with van der Waals surface area (Å²) in [5.41, 5.74) is 0. The van der Waals surface area contributed by atoms with E-state index in [2.05, 4.69) is 57.2 Å². The summed E-state index contributed by atoms with van der Waals surface area (Å²) in [4.78, 5) is 8.82. The molecule has 0 aliphatic rings. The largest absolute Gasteiger partial charge is 0.347 e. The molecular weight excluding hydrogens is 298 g/mol. The minimum Gasteiger partial charge on any atom is -0.347 e. The second-order valence-corrected chi connectivity index (χ2v) is 6.46. The molecule has 0 saturated carbocycles. The highest BCUT2D eigenvalue weighted by Crippen LogP contribution is 2.28. The molecular formula is C12H16BrN3S. The molecule has 0 amide bonds. The summed E-state index contributed by atoms with van der Waals surface area (Å²) in [5.74, 6) is 1.01. The summed E-state index contributed by atoms with van der Waals surface area (Å²) in [7, 11) is 0. The van der Waals surface area contributed by atoms with Crippen LogP contribution in [0.2, 0.25) is 0 Å². The highest BCUT2D eigenvalue weighted by molar-refractivity contribution is 9.11. The van der Waals surface area contributed by atoms with Crippen molar-refractivity contribution in [3.8, 4) is 0 Å². The molecule has 2 aromatic heterocycles. The van der Waals surface area contributed by atoms with E-state index < -0.39 is 0 Å². The van der Waals surface area contributed by atoms with Crippen LogP contribution >= 0.6 is 27.3 Å². The predicted octanol–water partition coefficient (Wildman–Crippen LogP) is 4.04. The highest BCUT2D eigenvalue weighted by Gasteiger charge is 2.16. The van der Waals surface area contributed by atoms with Gasteiger partial charge in [0, 0.05) is 23.3 Å². The first-order chi connectivity index (χ1) is 8.20. The lowest BCUT2D eigenvalue weighted by molar-refractivity contribution is 0.445. The Kier molecular flexibility index (Phi) is 4.36. The van der Waals surface area contributed by atoms with E-state index in [-0.39, 0.29) is 6.04 Å². The number of halogens is 1. The zero-order valence-electron chi connectivity index (χ0n) is 9.90. The van der Waals surface area contributed by atoms with Crippen molar-refractivity contribution < 1.29 is 0 Å². The van der Waals surface area contributed by atoms with Gasteiger partial charge in [0.25, 0.3) is 0 Å². The van der Waals surface area contributed by atoms with E-state index in [0.29, 0.717) is 6.04 Å². The van der Waals surface area contributed by atoms with Crippen molar-refractivity contribution in [1.29, 1.82) is 0 Å². The number of rotatable bonds is 5. The molecule has 2 N–H and O–H groups in total. The number of nitrogens with zero attached hydrogens (tertiary/aromatic N) is 1. The van der Waals surface area contributed by atoms with E-state index in [0.717, 1.165) is 12.2 Å². The maximum atomic E-state index is 4.32. The van der Waals surface area contributed by atoms with Gasteiger partial charge in [-0.25, -0.2) is 4.98 Å². The first-order valence-electron chi connectivity index (χ1n) is 5.71. The van der Waals surface area contributed by atoms with Gasteiger partial charge in [-0.15, -0.1) is 11.3 Å². The van der Waals surface area contributed by atoms with E-state index in [1.54, 1.807) is 17.5 Å². The number of thiophene rings is 1. The third kappa shape index (κ3) is 3.18. The van der Waals surface area contributed by atoms with Crippen molar-refractivity contribution in [2.75, 3.05) is 0 Å². The van der Waals surface area contributed by atoms with Crippen molar-refractivity contribution in [1.82, 2.24) is 15.3 Å². The molecule has 2 atom stereocenters. The molecule has 2 rings (SSSR count). The summed E-state index contributed by atoms with van der Waals surface area (Å²) in [5, 5.41) is 3.59. The molecule has 17 heavy (non-hydrogen) atoms.